The molecular weight excluding hydrogens is 212 g/mol. The Morgan fingerprint density at radius 2 is 1.75 bits per heavy atom. The normalized spacial score (nSPS) is 13.6. The maximum atomic E-state index is 11.1. The van der Waals surface area contributed by atoms with E-state index < -0.39 is 11.8 Å². The molecule has 1 radical (unpaired) electrons. The number of hydrogen-bond acceptors (Lipinski definition) is 4. The summed E-state index contributed by atoms with van der Waals surface area (Å²) < 4.78 is 10.1. The van der Waals surface area contributed by atoms with Gasteiger partial charge in [-0.25, -0.2) is 5.32 Å². The van der Waals surface area contributed by atoms with Crippen LogP contribution in [0.3, 0.4) is 0 Å². The van der Waals surface area contributed by atoms with Gasteiger partial charge in [0.2, 0.25) is 0 Å². The number of nitrogens with zero attached hydrogens (tertiary/aromatic N) is 1. The third-order valence-electron chi connectivity index (χ3n) is 2.17. The van der Waals surface area contributed by atoms with Crippen molar-refractivity contribution < 1.29 is 19.1 Å². The van der Waals surface area contributed by atoms with Crippen LogP contribution in [-0.4, -0.2) is 26.0 Å². The number of benzene rings is 1. The Kier molecular flexibility index (Phi) is 2.40. The number of hydrogen-bond donors (Lipinski definition) is 1. The van der Waals surface area contributed by atoms with Crippen LogP contribution in [0.1, 0.15) is 0 Å². The number of fused-ring (bicyclic) bond motifs is 1. The zero-order valence-electron chi connectivity index (χ0n) is 8.73. The lowest BCUT2D eigenvalue weighted by atomic mass is 10.2. The van der Waals surface area contributed by atoms with Crippen molar-refractivity contribution in [3.8, 4) is 11.5 Å². The van der Waals surface area contributed by atoms with E-state index in [2.05, 4.69) is 10.6 Å². The molecule has 16 heavy (non-hydrogen) atoms. The summed E-state index contributed by atoms with van der Waals surface area (Å²) in [6.07, 6.45) is 0. The van der Waals surface area contributed by atoms with Gasteiger partial charge in [0, 0.05) is 12.1 Å². The van der Waals surface area contributed by atoms with Gasteiger partial charge < -0.3 is 14.8 Å². The Hall–Kier alpha value is -2.24. The highest BCUT2D eigenvalue weighted by Crippen LogP contribution is 2.37. The van der Waals surface area contributed by atoms with Gasteiger partial charge in [0.1, 0.15) is 0 Å². The van der Waals surface area contributed by atoms with E-state index in [4.69, 9.17) is 9.47 Å². The molecule has 0 bridgehead atoms. The summed E-state index contributed by atoms with van der Waals surface area (Å²) >= 11 is 0. The third kappa shape index (κ3) is 1.54. The summed E-state index contributed by atoms with van der Waals surface area (Å²) in [5, 5.41) is 6.04. The summed E-state index contributed by atoms with van der Waals surface area (Å²) in [7, 11) is 2.96. The molecule has 0 unspecified atom stereocenters. The molecule has 6 heteroatoms. The largest absolute Gasteiger partial charge is 0.493 e. The second kappa shape index (κ2) is 3.73. The highest BCUT2D eigenvalue weighted by atomic mass is 16.5. The summed E-state index contributed by atoms with van der Waals surface area (Å²) in [5.41, 5.74) is 0.796. The molecule has 0 atom stereocenters. The topological polar surface area (TPSA) is 78.7 Å². The molecular formula is C10H9N2O4. The van der Waals surface area contributed by atoms with Gasteiger partial charge in [-0.2, -0.15) is 0 Å². The molecule has 0 fully saturated rings. The summed E-state index contributed by atoms with van der Waals surface area (Å²) in [4.78, 5) is 22.1. The van der Waals surface area contributed by atoms with E-state index >= 15 is 0 Å². The summed E-state index contributed by atoms with van der Waals surface area (Å²) in [6.45, 7) is 0. The van der Waals surface area contributed by atoms with E-state index in [1.54, 1.807) is 6.07 Å². The molecule has 1 heterocycles. The van der Waals surface area contributed by atoms with E-state index in [9.17, 15) is 9.59 Å². The fraction of sp³-hybridized carbons (Fsp3) is 0.200. The smallest absolute Gasteiger partial charge is 0.335 e. The predicted octanol–water partition coefficient (Wildman–Crippen LogP) is 0.418. The predicted molar refractivity (Wildman–Crippen MR) is 55.0 cm³/mol. The number of amides is 2. The van der Waals surface area contributed by atoms with Crippen molar-refractivity contribution in [3.05, 3.63) is 12.1 Å². The molecule has 0 spiro atoms. The van der Waals surface area contributed by atoms with Crippen molar-refractivity contribution >= 4 is 23.2 Å². The first-order valence-electron chi connectivity index (χ1n) is 4.48. The molecule has 0 aliphatic carbocycles. The van der Waals surface area contributed by atoms with E-state index in [0.29, 0.717) is 22.9 Å². The Balaban J connectivity index is 2.49. The Morgan fingerprint density at radius 3 is 2.38 bits per heavy atom. The van der Waals surface area contributed by atoms with Crippen LogP contribution < -0.4 is 20.1 Å². The molecule has 1 aromatic carbocycles. The minimum atomic E-state index is -0.820. The molecule has 1 aromatic rings. The van der Waals surface area contributed by atoms with Crippen LogP contribution in [0.15, 0.2) is 12.1 Å². The van der Waals surface area contributed by atoms with E-state index in [1.807, 2.05) is 0 Å². The lowest BCUT2D eigenvalue weighted by Crippen LogP contribution is -2.33. The standard InChI is InChI=1S/C10H9N2O4/c1-15-7-3-5-6(4-8(7)16-2)12-10(14)9(13)11-5/h3-4H,1-2H3,(H,11,13). The lowest BCUT2D eigenvalue weighted by molar-refractivity contribution is -0.135. The van der Waals surface area contributed by atoms with E-state index in [-0.39, 0.29) is 0 Å². The molecule has 6 nitrogen and oxygen atoms in total. The number of carbonyl (C=O) groups excluding carboxylic acids is 2. The molecule has 1 N–H and O–H groups in total. The third-order valence-corrected chi connectivity index (χ3v) is 2.17. The van der Waals surface area contributed by atoms with Gasteiger partial charge in [-0.15, -0.1) is 0 Å². The van der Waals surface area contributed by atoms with Crippen LogP contribution in [0.5, 0.6) is 11.5 Å². The minimum Gasteiger partial charge on any atom is -0.493 e. The molecule has 1 aliphatic heterocycles. The van der Waals surface area contributed by atoms with Gasteiger partial charge in [0.15, 0.2) is 11.5 Å². The maximum Gasteiger partial charge on any atom is 0.335 e. The molecule has 83 valence electrons. The number of methoxy groups -OCH3 is 2. The fourth-order valence-corrected chi connectivity index (χ4v) is 1.40. The summed E-state index contributed by atoms with van der Waals surface area (Å²) in [5.74, 6) is -0.653. The Labute approximate surface area is 91.5 Å². The zero-order valence-corrected chi connectivity index (χ0v) is 8.73. The van der Waals surface area contributed by atoms with E-state index in [1.165, 1.54) is 20.3 Å². The SMILES string of the molecule is COc1cc2c(cc1OC)NC(=O)C(=O)[N]2. The van der Waals surface area contributed by atoms with Crippen LogP contribution >= 0.6 is 0 Å². The second-order valence-electron chi connectivity index (χ2n) is 3.10. The maximum absolute atomic E-state index is 11.1. The van der Waals surface area contributed by atoms with Crippen LogP contribution in [-0.2, 0) is 9.59 Å². The summed E-state index contributed by atoms with van der Waals surface area (Å²) in [6, 6.07) is 3.09. The average Bonchev–Trinajstić information content (AvgIpc) is 2.29. The monoisotopic (exact) mass is 221 g/mol. The van der Waals surface area contributed by atoms with Crippen molar-refractivity contribution in [2.45, 2.75) is 0 Å². The zero-order chi connectivity index (χ0) is 11.7. The molecule has 0 saturated heterocycles. The van der Waals surface area contributed by atoms with Crippen LogP contribution in [0.25, 0.3) is 0 Å². The van der Waals surface area contributed by atoms with Crippen LogP contribution in [0, 0.1) is 0 Å². The number of rotatable bonds is 2. The van der Waals surface area contributed by atoms with Gasteiger partial charge in [-0.1, -0.05) is 0 Å². The van der Waals surface area contributed by atoms with Crippen molar-refractivity contribution in [1.29, 1.82) is 0 Å². The minimum absolute atomic E-state index is 0.363. The van der Waals surface area contributed by atoms with Crippen molar-refractivity contribution in [2.24, 2.45) is 0 Å². The first-order chi connectivity index (χ1) is 7.65. The Morgan fingerprint density at radius 1 is 1.12 bits per heavy atom. The number of carbonyl (C=O) groups is 2. The Bertz CT molecular complexity index is 427. The molecule has 2 rings (SSSR count). The van der Waals surface area contributed by atoms with Gasteiger partial charge in [0.05, 0.1) is 25.6 Å². The second-order valence-corrected chi connectivity index (χ2v) is 3.10. The van der Waals surface area contributed by atoms with Gasteiger partial charge >= 0.3 is 11.8 Å². The fourth-order valence-electron chi connectivity index (χ4n) is 1.40. The number of anilines is 1. The molecule has 2 amide bonds. The first kappa shape index (κ1) is 10.3. The van der Waals surface area contributed by atoms with Gasteiger partial charge in [0.25, 0.3) is 0 Å². The first-order valence-corrected chi connectivity index (χ1v) is 4.48. The molecule has 0 saturated carbocycles. The lowest BCUT2D eigenvalue weighted by Gasteiger charge is -2.17. The highest BCUT2D eigenvalue weighted by molar-refractivity contribution is 6.42. The average molecular weight is 221 g/mol. The van der Waals surface area contributed by atoms with Gasteiger partial charge in [-0.05, 0) is 0 Å². The van der Waals surface area contributed by atoms with Crippen molar-refractivity contribution in [1.82, 2.24) is 5.32 Å². The van der Waals surface area contributed by atoms with Crippen LogP contribution in [0.4, 0.5) is 11.4 Å². The van der Waals surface area contributed by atoms with Crippen molar-refractivity contribution in [3.63, 3.8) is 0 Å². The van der Waals surface area contributed by atoms with Gasteiger partial charge in [-0.3, -0.25) is 9.59 Å². The van der Waals surface area contributed by atoms with E-state index in [0.717, 1.165) is 0 Å². The highest BCUT2D eigenvalue weighted by Gasteiger charge is 2.26. The number of ether oxygens (including phenoxy) is 2. The molecule has 1 aliphatic rings. The quantitative estimate of drug-likeness (QED) is 0.734. The van der Waals surface area contributed by atoms with Crippen LogP contribution in [0.2, 0.25) is 0 Å². The van der Waals surface area contributed by atoms with Crippen molar-refractivity contribution in [2.75, 3.05) is 19.5 Å². The molecule has 0 aromatic heterocycles. The number of nitrogens with one attached hydrogen (secondary N) is 1.